The van der Waals surface area contributed by atoms with Crippen molar-refractivity contribution in [3.05, 3.63) is 0 Å². The third-order valence-corrected chi connectivity index (χ3v) is 1.49. The molecule has 0 spiro atoms. The Morgan fingerprint density at radius 3 is 2.18 bits per heavy atom. The Labute approximate surface area is 65.9 Å². The number of primary amides is 2. The van der Waals surface area contributed by atoms with Crippen LogP contribution >= 0.6 is 0 Å². The maximum Gasteiger partial charge on any atom is 0.221 e. The van der Waals surface area contributed by atoms with Gasteiger partial charge in [-0.1, -0.05) is 13.3 Å². The largest absolute Gasteiger partial charge is 0.370 e. The molecule has 2 amide bonds. The van der Waals surface area contributed by atoms with Crippen molar-refractivity contribution in [1.29, 1.82) is 0 Å². The molecule has 0 fully saturated rings. The van der Waals surface area contributed by atoms with Gasteiger partial charge in [0.05, 0.1) is 0 Å². The molecule has 0 aromatic carbocycles. The first kappa shape index (κ1) is 9.94. The highest BCUT2D eigenvalue weighted by Crippen LogP contribution is 2.09. The monoisotopic (exact) mass is 158 g/mol. The van der Waals surface area contributed by atoms with Gasteiger partial charge < -0.3 is 11.5 Å². The van der Waals surface area contributed by atoms with Crippen LogP contribution in [0.2, 0.25) is 0 Å². The van der Waals surface area contributed by atoms with Crippen LogP contribution in [0.25, 0.3) is 0 Å². The summed E-state index contributed by atoms with van der Waals surface area (Å²) in [6.45, 7) is 1.93. The van der Waals surface area contributed by atoms with E-state index in [1.165, 1.54) is 0 Å². The predicted octanol–water partition coefficient (Wildman–Crippen LogP) is -0.237. The minimum absolute atomic E-state index is 0.0726. The maximum atomic E-state index is 10.6. The fourth-order valence-electron chi connectivity index (χ4n) is 0.936. The molecule has 0 saturated carbocycles. The van der Waals surface area contributed by atoms with Gasteiger partial charge in [0.1, 0.15) is 0 Å². The van der Waals surface area contributed by atoms with E-state index in [9.17, 15) is 9.59 Å². The Morgan fingerprint density at radius 2 is 1.91 bits per heavy atom. The van der Waals surface area contributed by atoms with Crippen molar-refractivity contribution >= 4 is 11.8 Å². The Morgan fingerprint density at radius 1 is 1.36 bits per heavy atom. The Bertz CT molecular complexity index is 157. The second-order valence-corrected chi connectivity index (χ2v) is 2.56. The molecule has 1 atom stereocenters. The molecule has 4 N–H and O–H groups in total. The molecular weight excluding hydrogens is 144 g/mol. The van der Waals surface area contributed by atoms with Crippen LogP contribution in [0.3, 0.4) is 0 Å². The summed E-state index contributed by atoms with van der Waals surface area (Å²) >= 11 is 0. The van der Waals surface area contributed by atoms with Crippen LogP contribution in [0.4, 0.5) is 0 Å². The quantitative estimate of drug-likeness (QED) is 0.578. The average molecular weight is 158 g/mol. The standard InChI is InChI=1S/C7H14N2O2/c1-2-3-5(7(9)11)4-6(8)10/h5H,2-4H2,1H3,(H2,8,10)(H2,9,11)/t5-/m0/s1. The maximum absolute atomic E-state index is 10.6. The summed E-state index contributed by atoms with van der Waals surface area (Å²) in [6, 6.07) is 0. The van der Waals surface area contributed by atoms with Gasteiger partial charge in [-0.25, -0.2) is 0 Å². The molecule has 0 bridgehead atoms. The van der Waals surface area contributed by atoms with Crippen molar-refractivity contribution in [2.24, 2.45) is 17.4 Å². The van der Waals surface area contributed by atoms with Gasteiger partial charge in [0, 0.05) is 12.3 Å². The van der Waals surface area contributed by atoms with E-state index < -0.39 is 11.8 Å². The van der Waals surface area contributed by atoms with Gasteiger partial charge >= 0.3 is 0 Å². The van der Waals surface area contributed by atoms with Crippen molar-refractivity contribution in [3.8, 4) is 0 Å². The van der Waals surface area contributed by atoms with Gasteiger partial charge in [0.25, 0.3) is 0 Å². The average Bonchev–Trinajstić information content (AvgIpc) is 1.86. The van der Waals surface area contributed by atoms with Gasteiger partial charge in [-0.2, -0.15) is 0 Å². The van der Waals surface area contributed by atoms with Crippen LogP contribution in [0, 0.1) is 5.92 Å². The highest BCUT2D eigenvalue weighted by molar-refractivity contribution is 5.83. The van der Waals surface area contributed by atoms with E-state index in [0.29, 0.717) is 6.42 Å². The fraction of sp³-hybridized carbons (Fsp3) is 0.714. The summed E-state index contributed by atoms with van der Waals surface area (Å²) in [7, 11) is 0. The molecule has 0 saturated heterocycles. The lowest BCUT2D eigenvalue weighted by Gasteiger charge is -2.08. The molecule has 0 aliphatic rings. The summed E-state index contributed by atoms with van der Waals surface area (Å²) in [4.78, 5) is 21.0. The molecule has 0 heterocycles. The van der Waals surface area contributed by atoms with E-state index in [1.54, 1.807) is 0 Å². The normalized spacial score (nSPS) is 12.5. The van der Waals surface area contributed by atoms with Gasteiger partial charge in [0.2, 0.25) is 11.8 Å². The Hall–Kier alpha value is -1.06. The smallest absolute Gasteiger partial charge is 0.221 e. The molecular formula is C7H14N2O2. The molecule has 0 radical (unpaired) electrons. The highest BCUT2D eigenvalue weighted by atomic mass is 16.2. The number of carbonyl (C=O) groups is 2. The molecule has 64 valence electrons. The topological polar surface area (TPSA) is 86.2 Å². The number of carbonyl (C=O) groups excluding carboxylic acids is 2. The van der Waals surface area contributed by atoms with Crippen LogP contribution in [0.1, 0.15) is 26.2 Å². The van der Waals surface area contributed by atoms with E-state index in [-0.39, 0.29) is 12.3 Å². The highest BCUT2D eigenvalue weighted by Gasteiger charge is 2.16. The third kappa shape index (κ3) is 4.36. The first-order valence-corrected chi connectivity index (χ1v) is 3.65. The number of nitrogens with two attached hydrogens (primary N) is 2. The van der Waals surface area contributed by atoms with E-state index in [2.05, 4.69) is 0 Å². The Kier molecular flexibility index (Phi) is 4.26. The third-order valence-electron chi connectivity index (χ3n) is 1.49. The molecule has 4 nitrogen and oxygen atoms in total. The zero-order valence-electron chi connectivity index (χ0n) is 6.67. The van der Waals surface area contributed by atoms with Crippen LogP contribution < -0.4 is 11.5 Å². The lowest BCUT2D eigenvalue weighted by atomic mass is 9.99. The van der Waals surface area contributed by atoms with Gasteiger partial charge in [0.15, 0.2) is 0 Å². The first-order chi connectivity index (χ1) is 5.07. The number of hydrogen-bond acceptors (Lipinski definition) is 2. The van der Waals surface area contributed by atoms with Gasteiger partial charge in [-0.3, -0.25) is 9.59 Å². The SMILES string of the molecule is CCC[C@@H](CC(N)=O)C(N)=O. The van der Waals surface area contributed by atoms with E-state index in [1.807, 2.05) is 6.92 Å². The zero-order valence-corrected chi connectivity index (χ0v) is 6.67. The molecule has 0 unspecified atom stereocenters. The van der Waals surface area contributed by atoms with Gasteiger partial charge in [-0.15, -0.1) is 0 Å². The number of amides is 2. The molecule has 0 aliphatic heterocycles. The predicted molar refractivity (Wildman–Crippen MR) is 41.4 cm³/mol. The second kappa shape index (κ2) is 4.71. The van der Waals surface area contributed by atoms with Crippen LogP contribution in [0.15, 0.2) is 0 Å². The van der Waals surface area contributed by atoms with Crippen molar-refractivity contribution < 1.29 is 9.59 Å². The van der Waals surface area contributed by atoms with E-state index in [0.717, 1.165) is 6.42 Å². The van der Waals surface area contributed by atoms with Crippen LogP contribution in [-0.4, -0.2) is 11.8 Å². The summed E-state index contributed by atoms with van der Waals surface area (Å²) in [6.07, 6.45) is 1.54. The van der Waals surface area contributed by atoms with Crippen molar-refractivity contribution in [2.75, 3.05) is 0 Å². The summed E-state index contributed by atoms with van der Waals surface area (Å²) < 4.78 is 0. The Balaban J connectivity index is 3.89. The molecule has 0 aliphatic carbocycles. The first-order valence-electron chi connectivity index (χ1n) is 3.65. The lowest BCUT2D eigenvalue weighted by molar-refractivity contribution is -0.127. The number of hydrogen-bond donors (Lipinski definition) is 2. The summed E-state index contributed by atoms with van der Waals surface area (Å²) in [5.41, 5.74) is 9.94. The van der Waals surface area contributed by atoms with Crippen molar-refractivity contribution in [1.82, 2.24) is 0 Å². The summed E-state index contributed by atoms with van der Waals surface area (Å²) in [5.74, 6) is -1.29. The van der Waals surface area contributed by atoms with E-state index in [4.69, 9.17) is 11.5 Å². The minimum Gasteiger partial charge on any atom is -0.370 e. The van der Waals surface area contributed by atoms with Crippen molar-refractivity contribution in [3.63, 3.8) is 0 Å². The second-order valence-electron chi connectivity index (χ2n) is 2.56. The molecule has 0 aromatic rings. The zero-order chi connectivity index (χ0) is 8.85. The molecule has 11 heavy (non-hydrogen) atoms. The lowest BCUT2D eigenvalue weighted by Crippen LogP contribution is -2.28. The van der Waals surface area contributed by atoms with Crippen LogP contribution in [0.5, 0.6) is 0 Å². The minimum atomic E-state index is -0.470. The molecule has 0 rings (SSSR count). The molecule has 0 aromatic heterocycles. The molecule has 4 heteroatoms. The van der Waals surface area contributed by atoms with E-state index >= 15 is 0 Å². The van der Waals surface area contributed by atoms with Crippen molar-refractivity contribution in [2.45, 2.75) is 26.2 Å². The van der Waals surface area contributed by atoms with Gasteiger partial charge in [-0.05, 0) is 6.42 Å². The fourth-order valence-corrected chi connectivity index (χ4v) is 0.936. The van der Waals surface area contributed by atoms with Crippen LogP contribution in [-0.2, 0) is 9.59 Å². The number of rotatable bonds is 5. The summed E-state index contributed by atoms with van der Waals surface area (Å²) in [5, 5.41) is 0.